The third-order valence-electron chi connectivity index (χ3n) is 7.48. The standard InChI is InChI=1S/C21H22N2O2/c1-3-12-10-23-16-8-13(12)18-17(23)9-21(20(18)25-11(2)24)14-6-4-5-7-15(14)22-19(16)21/h3-7,13,16-18,20H,8-10H2,1-2H3/b12-3-/t13?,16-,17-,18?,20+,21-/m0/s1. The number of ether oxygens (including phenoxy) is 1. The highest BCUT2D eigenvalue weighted by Gasteiger charge is 2.73. The maximum Gasteiger partial charge on any atom is 0.302 e. The first-order chi connectivity index (χ1) is 12.1. The van der Waals surface area contributed by atoms with E-state index in [1.165, 1.54) is 16.8 Å². The molecule has 5 heterocycles. The zero-order valence-electron chi connectivity index (χ0n) is 14.6. The summed E-state index contributed by atoms with van der Waals surface area (Å²) in [6, 6.07) is 9.42. The molecule has 5 fully saturated rings. The highest BCUT2D eigenvalue weighted by molar-refractivity contribution is 6.08. The molecule has 5 bridgehead atoms. The molecule has 6 aliphatic rings. The minimum Gasteiger partial charge on any atom is -0.461 e. The van der Waals surface area contributed by atoms with Gasteiger partial charge in [-0.15, -0.1) is 0 Å². The molecule has 0 N–H and O–H groups in total. The molecule has 25 heavy (non-hydrogen) atoms. The van der Waals surface area contributed by atoms with Crippen LogP contribution in [-0.2, 0) is 14.9 Å². The Morgan fingerprint density at radius 2 is 2.24 bits per heavy atom. The summed E-state index contributed by atoms with van der Waals surface area (Å²) < 4.78 is 6.09. The molecule has 4 heteroatoms. The highest BCUT2D eigenvalue weighted by atomic mass is 16.5. The summed E-state index contributed by atoms with van der Waals surface area (Å²) in [4.78, 5) is 19.8. The summed E-state index contributed by atoms with van der Waals surface area (Å²) in [7, 11) is 0. The lowest BCUT2D eigenvalue weighted by molar-refractivity contribution is -0.152. The first-order valence-electron chi connectivity index (χ1n) is 9.42. The number of rotatable bonds is 1. The molecule has 1 aromatic rings. The van der Waals surface area contributed by atoms with Gasteiger partial charge in [-0.2, -0.15) is 0 Å². The Kier molecular flexibility index (Phi) is 2.52. The van der Waals surface area contributed by atoms with Crippen LogP contribution < -0.4 is 0 Å². The van der Waals surface area contributed by atoms with E-state index in [0.717, 1.165) is 25.1 Å². The van der Waals surface area contributed by atoms with Gasteiger partial charge < -0.3 is 4.74 Å². The van der Waals surface area contributed by atoms with Gasteiger partial charge >= 0.3 is 5.97 Å². The second-order valence-corrected chi connectivity index (χ2v) is 8.26. The highest BCUT2D eigenvalue weighted by Crippen LogP contribution is 2.66. The minimum atomic E-state index is -0.184. The van der Waals surface area contributed by atoms with Crippen molar-refractivity contribution in [3.8, 4) is 0 Å². The summed E-state index contributed by atoms with van der Waals surface area (Å²) in [5.41, 5.74) is 5.00. The Labute approximate surface area is 147 Å². The molecule has 0 aromatic heterocycles. The van der Waals surface area contributed by atoms with E-state index >= 15 is 0 Å². The number of carbonyl (C=O) groups is 1. The van der Waals surface area contributed by atoms with E-state index in [1.807, 2.05) is 0 Å². The number of benzene rings is 1. The number of para-hydroxylation sites is 1. The fourth-order valence-electron chi connectivity index (χ4n) is 6.78. The van der Waals surface area contributed by atoms with Gasteiger partial charge in [0, 0.05) is 25.4 Å². The smallest absolute Gasteiger partial charge is 0.302 e. The molecular formula is C21H22N2O2. The lowest BCUT2D eigenvalue weighted by atomic mass is 9.66. The van der Waals surface area contributed by atoms with Crippen molar-refractivity contribution in [2.45, 2.75) is 50.3 Å². The van der Waals surface area contributed by atoms with Gasteiger partial charge in [-0.25, -0.2) is 0 Å². The normalized spacial score (nSPS) is 46.2. The van der Waals surface area contributed by atoms with Gasteiger partial charge in [0.1, 0.15) is 6.10 Å². The van der Waals surface area contributed by atoms with Crippen molar-refractivity contribution in [2.24, 2.45) is 16.8 Å². The average molecular weight is 334 g/mol. The minimum absolute atomic E-state index is 0.0763. The van der Waals surface area contributed by atoms with Crippen molar-refractivity contribution in [1.82, 2.24) is 4.90 Å². The fourth-order valence-corrected chi connectivity index (χ4v) is 6.78. The van der Waals surface area contributed by atoms with E-state index in [2.05, 4.69) is 42.2 Å². The van der Waals surface area contributed by atoms with Gasteiger partial charge in [-0.3, -0.25) is 14.7 Å². The first-order valence-corrected chi connectivity index (χ1v) is 9.42. The van der Waals surface area contributed by atoms with Crippen molar-refractivity contribution in [1.29, 1.82) is 0 Å². The predicted octanol–water partition coefficient (Wildman–Crippen LogP) is 2.99. The van der Waals surface area contributed by atoms with Gasteiger partial charge in [0.2, 0.25) is 0 Å². The number of aliphatic imine (C=N–C) groups is 1. The molecule has 1 aromatic carbocycles. The number of hydrogen-bond donors (Lipinski definition) is 0. The second-order valence-electron chi connectivity index (χ2n) is 8.26. The molecule has 4 saturated heterocycles. The number of piperidine rings is 4. The summed E-state index contributed by atoms with van der Waals surface area (Å²) in [5.74, 6) is 0.778. The van der Waals surface area contributed by atoms with Crippen LogP contribution in [0.2, 0.25) is 0 Å². The van der Waals surface area contributed by atoms with E-state index in [-0.39, 0.29) is 17.5 Å². The van der Waals surface area contributed by atoms with Crippen LogP contribution >= 0.6 is 0 Å². The van der Waals surface area contributed by atoms with Gasteiger partial charge in [-0.05, 0) is 37.3 Å². The summed E-state index contributed by atoms with van der Waals surface area (Å²) in [6.45, 7) is 4.77. The lowest BCUT2D eigenvalue weighted by Gasteiger charge is -2.55. The molecule has 0 radical (unpaired) electrons. The van der Waals surface area contributed by atoms with Crippen LogP contribution in [0.15, 0.2) is 40.9 Å². The van der Waals surface area contributed by atoms with Gasteiger partial charge in [0.25, 0.3) is 0 Å². The predicted molar refractivity (Wildman–Crippen MR) is 95.0 cm³/mol. The molecule has 128 valence electrons. The van der Waals surface area contributed by atoms with Crippen LogP contribution in [0.3, 0.4) is 0 Å². The Balaban J connectivity index is 1.62. The maximum atomic E-state index is 12.0. The largest absolute Gasteiger partial charge is 0.461 e. The van der Waals surface area contributed by atoms with Crippen LogP contribution in [0, 0.1) is 11.8 Å². The first kappa shape index (κ1) is 14.3. The Hall–Kier alpha value is -1.94. The molecular weight excluding hydrogens is 312 g/mol. The van der Waals surface area contributed by atoms with Crippen molar-refractivity contribution in [3.63, 3.8) is 0 Å². The van der Waals surface area contributed by atoms with Crippen LogP contribution in [0.25, 0.3) is 0 Å². The van der Waals surface area contributed by atoms with E-state index in [0.29, 0.717) is 23.9 Å². The van der Waals surface area contributed by atoms with E-state index < -0.39 is 0 Å². The fraction of sp³-hybridized carbons (Fsp3) is 0.524. The number of hydrogen-bond acceptors (Lipinski definition) is 4. The number of fused-ring (bicyclic) bond motifs is 2. The van der Waals surface area contributed by atoms with E-state index in [1.54, 1.807) is 6.92 Å². The second kappa shape index (κ2) is 4.42. The number of carbonyl (C=O) groups excluding carboxylic acids is 1. The molecule has 5 aliphatic heterocycles. The van der Waals surface area contributed by atoms with Gasteiger partial charge in [0.15, 0.2) is 0 Å². The molecule has 1 aliphatic carbocycles. The average Bonchev–Trinajstić information content (AvgIpc) is 3.09. The molecule has 7 atom stereocenters. The van der Waals surface area contributed by atoms with Crippen LogP contribution in [0.5, 0.6) is 0 Å². The third kappa shape index (κ3) is 1.46. The third-order valence-corrected chi connectivity index (χ3v) is 7.48. The number of esters is 1. The molecule has 1 saturated carbocycles. The van der Waals surface area contributed by atoms with Gasteiger partial charge in [-0.1, -0.05) is 29.8 Å². The SMILES string of the molecule is C/C=C1/CN2[C@H]3CC1C1[C@@H](OC(C)=O)[C@]4(C[C@@H]12)C3=Nc1ccccc14. The van der Waals surface area contributed by atoms with Gasteiger partial charge in [0.05, 0.1) is 22.9 Å². The molecule has 3 unspecified atom stereocenters. The Bertz CT molecular complexity index is 872. The van der Waals surface area contributed by atoms with Crippen LogP contribution in [-0.4, -0.2) is 41.3 Å². The maximum absolute atomic E-state index is 12.0. The summed E-state index contributed by atoms with van der Waals surface area (Å²) in [5, 5.41) is 0. The number of allylic oxidation sites excluding steroid dienone is 1. The molecule has 1 spiro atoms. The van der Waals surface area contributed by atoms with Crippen molar-refractivity contribution < 1.29 is 9.53 Å². The quantitative estimate of drug-likeness (QED) is 0.586. The lowest BCUT2D eigenvalue weighted by Crippen LogP contribution is -2.64. The van der Waals surface area contributed by atoms with Crippen LogP contribution in [0.4, 0.5) is 5.69 Å². The monoisotopic (exact) mass is 334 g/mol. The molecule has 0 amide bonds. The summed E-state index contributed by atoms with van der Waals surface area (Å²) in [6.07, 6.45) is 4.40. The number of nitrogens with zero attached hydrogens (tertiary/aromatic N) is 2. The Morgan fingerprint density at radius 3 is 3.04 bits per heavy atom. The Morgan fingerprint density at radius 1 is 1.40 bits per heavy atom. The molecule has 4 nitrogen and oxygen atoms in total. The topological polar surface area (TPSA) is 41.9 Å². The summed E-state index contributed by atoms with van der Waals surface area (Å²) >= 11 is 0. The van der Waals surface area contributed by atoms with E-state index in [4.69, 9.17) is 9.73 Å². The van der Waals surface area contributed by atoms with Crippen LogP contribution in [0.1, 0.15) is 32.3 Å². The van der Waals surface area contributed by atoms with Crippen molar-refractivity contribution in [3.05, 3.63) is 41.5 Å². The zero-order valence-corrected chi connectivity index (χ0v) is 14.6. The van der Waals surface area contributed by atoms with E-state index in [9.17, 15) is 4.79 Å². The molecule has 7 rings (SSSR count). The van der Waals surface area contributed by atoms with Crippen molar-refractivity contribution in [2.75, 3.05) is 6.54 Å². The van der Waals surface area contributed by atoms with Crippen molar-refractivity contribution >= 4 is 17.4 Å². The zero-order chi connectivity index (χ0) is 16.9.